The maximum absolute atomic E-state index is 13.4. The molecule has 3 rings (SSSR count). The van der Waals surface area contributed by atoms with E-state index >= 15 is 0 Å². The van der Waals surface area contributed by atoms with E-state index in [1.165, 1.54) is 0 Å². The van der Waals surface area contributed by atoms with Gasteiger partial charge in [0.15, 0.2) is 9.84 Å². The predicted molar refractivity (Wildman–Crippen MR) is 109 cm³/mol. The van der Waals surface area contributed by atoms with Crippen molar-refractivity contribution in [1.29, 1.82) is 0 Å². The molecule has 0 radical (unpaired) electrons. The van der Waals surface area contributed by atoms with Crippen LogP contribution in [0.3, 0.4) is 0 Å². The normalized spacial score (nSPS) is 24.0. The molecule has 3 atom stereocenters. The van der Waals surface area contributed by atoms with E-state index in [1.54, 1.807) is 31.2 Å². The molecule has 3 unspecified atom stereocenters. The molecule has 150 valence electrons. The summed E-state index contributed by atoms with van der Waals surface area (Å²) < 4.78 is 32.1. The number of esters is 1. The summed E-state index contributed by atoms with van der Waals surface area (Å²) in [4.78, 5) is 13.0. The van der Waals surface area contributed by atoms with E-state index in [0.29, 0.717) is 0 Å². The number of benzene rings is 2. The average Bonchev–Trinajstić information content (AvgIpc) is 3.40. The van der Waals surface area contributed by atoms with Crippen LogP contribution < -0.4 is 5.73 Å². The molecule has 0 spiro atoms. The van der Waals surface area contributed by atoms with Crippen LogP contribution in [0.1, 0.15) is 36.5 Å². The van der Waals surface area contributed by atoms with E-state index in [4.69, 9.17) is 10.5 Å². The number of rotatable bonds is 7. The monoisotopic (exact) mass is 401 g/mol. The summed E-state index contributed by atoms with van der Waals surface area (Å²) in [6, 6.07) is 14.4. The highest BCUT2D eigenvalue weighted by Crippen LogP contribution is 2.64. The van der Waals surface area contributed by atoms with Gasteiger partial charge in [-0.25, -0.2) is 8.42 Å². The Morgan fingerprint density at radius 2 is 1.68 bits per heavy atom. The number of sulfone groups is 1. The fourth-order valence-electron chi connectivity index (χ4n) is 4.00. The Hall–Kier alpha value is -2.18. The van der Waals surface area contributed by atoms with Gasteiger partial charge >= 0.3 is 5.97 Å². The van der Waals surface area contributed by atoms with Crippen molar-refractivity contribution in [3.05, 3.63) is 65.2 Å². The lowest BCUT2D eigenvalue weighted by Gasteiger charge is -2.14. The molecule has 2 aromatic carbocycles. The maximum atomic E-state index is 13.4. The Balaban J connectivity index is 2.09. The van der Waals surface area contributed by atoms with Crippen LogP contribution in [0, 0.1) is 12.3 Å². The predicted octanol–water partition coefficient (Wildman–Crippen LogP) is 3.01. The molecule has 28 heavy (non-hydrogen) atoms. The first-order valence-corrected chi connectivity index (χ1v) is 11.1. The van der Waals surface area contributed by atoms with Crippen LogP contribution in [0.5, 0.6) is 0 Å². The van der Waals surface area contributed by atoms with Crippen molar-refractivity contribution in [2.45, 2.75) is 43.3 Å². The lowest BCUT2D eigenvalue weighted by atomic mass is 9.98. The van der Waals surface area contributed by atoms with Gasteiger partial charge in [-0.15, -0.1) is 0 Å². The van der Waals surface area contributed by atoms with Gasteiger partial charge in [0.1, 0.15) is 5.41 Å². The van der Waals surface area contributed by atoms with Crippen molar-refractivity contribution >= 4 is 15.8 Å². The van der Waals surface area contributed by atoms with Gasteiger partial charge in [0.25, 0.3) is 0 Å². The lowest BCUT2D eigenvalue weighted by Crippen LogP contribution is -2.33. The molecule has 0 heterocycles. The summed E-state index contributed by atoms with van der Waals surface area (Å²) >= 11 is 0. The first kappa shape index (κ1) is 20.6. The Morgan fingerprint density at radius 1 is 1.07 bits per heavy atom. The zero-order valence-corrected chi connectivity index (χ0v) is 17.3. The van der Waals surface area contributed by atoms with Gasteiger partial charge in [-0.05, 0) is 43.5 Å². The van der Waals surface area contributed by atoms with Gasteiger partial charge in [0.05, 0.1) is 16.8 Å². The lowest BCUT2D eigenvalue weighted by molar-refractivity contribution is -0.149. The number of hydrogen-bond donors (Lipinski definition) is 1. The quantitative estimate of drug-likeness (QED) is 0.721. The van der Waals surface area contributed by atoms with Crippen molar-refractivity contribution in [3.63, 3.8) is 0 Å². The summed E-state index contributed by atoms with van der Waals surface area (Å²) in [5.41, 5.74) is 7.67. The molecule has 2 aromatic rings. The molecular weight excluding hydrogens is 374 g/mol. The van der Waals surface area contributed by atoms with Gasteiger partial charge in [-0.1, -0.05) is 48.9 Å². The number of carbonyl (C=O) groups is 1. The third-order valence-electron chi connectivity index (χ3n) is 5.68. The van der Waals surface area contributed by atoms with Crippen LogP contribution in [0.25, 0.3) is 0 Å². The standard InChI is InChI=1S/C22H27NO4S/c1-4-16-8-10-17(11-9-16)19-20(22(19,14-23)21(24)27-5-2)28(25,26)18-12-6-15(3)7-13-18/h6-13,19-20H,4-5,14,23H2,1-3H3. The second-order valence-electron chi connectivity index (χ2n) is 7.32. The molecule has 1 aliphatic rings. The molecule has 0 bridgehead atoms. The largest absolute Gasteiger partial charge is 0.465 e. The van der Waals surface area contributed by atoms with Crippen molar-refractivity contribution < 1.29 is 17.9 Å². The molecule has 0 aromatic heterocycles. The summed E-state index contributed by atoms with van der Waals surface area (Å²) in [7, 11) is -3.76. The van der Waals surface area contributed by atoms with E-state index in [2.05, 4.69) is 6.92 Å². The molecule has 5 nitrogen and oxygen atoms in total. The average molecular weight is 402 g/mol. The molecule has 6 heteroatoms. The van der Waals surface area contributed by atoms with Crippen molar-refractivity contribution in [1.82, 2.24) is 0 Å². The Labute approximate surface area is 166 Å². The Kier molecular flexibility index (Phi) is 5.64. The van der Waals surface area contributed by atoms with Gasteiger partial charge in [-0.3, -0.25) is 4.79 Å². The van der Waals surface area contributed by atoms with Crippen LogP contribution in [0.2, 0.25) is 0 Å². The third kappa shape index (κ3) is 3.25. The third-order valence-corrected chi connectivity index (χ3v) is 7.97. The maximum Gasteiger partial charge on any atom is 0.315 e. The zero-order valence-electron chi connectivity index (χ0n) is 16.5. The minimum Gasteiger partial charge on any atom is -0.465 e. The van der Waals surface area contributed by atoms with Crippen LogP contribution in [-0.4, -0.2) is 32.8 Å². The van der Waals surface area contributed by atoms with Crippen LogP contribution >= 0.6 is 0 Å². The number of nitrogens with two attached hydrogens (primary N) is 1. The molecule has 1 aliphatic carbocycles. The van der Waals surface area contributed by atoms with Gasteiger partial charge in [0.2, 0.25) is 0 Å². The molecule has 1 fully saturated rings. The zero-order chi connectivity index (χ0) is 20.5. The molecule has 1 saturated carbocycles. The minimum absolute atomic E-state index is 0.0816. The summed E-state index contributed by atoms with van der Waals surface area (Å²) in [5, 5.41) is -0.931. The second-order valence-corrected chi connectivity index (χ2v) is 9.39. The molecule has 0 saturated heterocycles. The van der Waals surface area contributed by atoms with Crippen molar-refractivity contribution in [3.8, 4) is 0 Å². The highest BCUT2D eigenvalue weighted by molar-refractivity contribution is 7.92. The fourth-order valence-corrected chi connectivity index (χ4v) is 6.38. The number of hydrogen-bond acceptors (Lipinski definition) is 5. The van der Waals surface area contributed by atoms with Gasteiger partial charge < -0.3 is 10.5 Å². The van der Waals surface area contributed by atoms with E-state index in [0.717, 1.165) is 23.1 Å². The fraction of sp³-hybridized carbons (Fsp3) is 0.409. The van der Waals surface area contributed by atoms with E-state index in [9.17, 15) is 13.2 Å². The van der Waals surface area contributed by atoms with Crippen LogP contribution in [0.4, 0.5) is 0 Å². The van der Waals surface area contributed by atoms with Gasteiger partial charge in [-0.2, -0.15) is 0 Å². The highest BCUT2D eigenvalue weighted by Gasteiger charge is 2.75. The molecule has 2 N–H and O–H groups in total. The summed E-state index contributed by atoms with van der Waals surface area (Å²) in [6.45, 7) is 5.76. The van der Waals surface area contributed by atoms with E-state index in [1.807, 2.05) is 31.2 Å². The van der Waals surface area contributed by atoms with Crippen LogP contribution in [-0.2, 0) is 25.8 Å². The SMILES string of the molecule is CCOC(=O)C1(CN)C(c2ccc(CC)cc2)C1S(=O)(=O)c1ccc(C)cc1. The Morgan fingerprint density at radius 3 is 2.18 bits per heavy atom. The summed E-state index contributed by atoms with van der Waals surface area (Å²) in [5.74, 6) is -1.06. The molecule has 0 aliphatic heterocycles. The number of ether oxygens (including phenoxy) is 1. The van der Waals surface area contributed by atoms with E-state index < -0.39 is 32.4 Å². The van der Waals surface area contributed by atoms with Gasteiger partial charge in [0, 0.05) is 12.5 Å². The molecular formula is C22H27NO4S. The Bertz CT molecular complexity index is 951. The molecule has 0 amide bonds. The van der Waals surface area contributed by atoms with Crippen molar-refractivity contribution in [2.75, 3.05) is 13.2 Å². The second kappa shape index (κ2) is 7.68. The topological polar surface area (TPSA) is 86.5 Å². The van der Waals surface area contributed by atoms with Crippen LogP contribution in [0.15, 0.2) is 53.4 Å². The number of aryl methyl sites for hydroxylation is 2. The van der Waals surface area contributed by atoms with Crippen molar-refractivity contribution in [2.24, 2.45) is 11.1 Å². The summed E-state index contributed by atoms with van der Waals surface area (Å²) in [6.07, 6.45) is 0.885. The minimum atomic E-state index is -3.76. The number of carbonyl (C=O) groups excluding carboxylic acids is 1. The smallest absolute Gasteiger partial charge is 0.315 e. The first-order valence-electron chi connectivity index (χ1n) is 9.59. The highest BCUT2D eigenvalue weighted by atomic mass is 32.2. The van der Waals surface area contributed by atoms with E-state index in [-0.39, 0.29) is 18.0 Å². The first-order chi connectivity index (χ1) is 13.3.